The zero-order valence-corrected chi connectivity index (χ0v) is 29.8. The van der Waals surface area contributed by atoms with Crippen molar-refractivity contribution in [3.63, 3.8) is 0 Å². The molecule has 1 amide bonds. The third-order valence-corrected chi connectivity index (χ3v) is 10.0. The highest BCUT2D eigenvalue weighted by atomic mass is 16.7. The van der Waals surface area contributed by atoms with Crippen molar-refractivity contribution in [2.75, 3.05) is 20.8 Å². The van der Waals surface area contributed by atoms with E-state index in [0.29, 0.717) is 51.2 Å². The van der Waals surface area contributed by atoms with Crippen LogP contribution in [0.4, 0.5) is 0 Å². The maximum absolute atomic E-state index is 13.5. The number of hydrogen-bond acceptors (Lipinski definition) is 11. The van der Waals surface area contributed by atoms with Crippen LogP contribution in [0, 0.1) is 0 Å². The van der Waals surface area contributed by atoms with Gasteiger partial charge in [-0.2, -0.15) is 0 Å². The summed E-state index contributed by atoms with van der Waals surface area (Å²) in [4.78, 5) is 52.7. The van der Waals surface area contributed by atoms with Gasteiger partial charge in [0.05, 0.1) is 23.8 Å². The first kappa shape index (κ1) is 35.5. The van der Waals surface area contributed by atoms with Crippen LogP contribution in [0.15, 0.2) is 115 Å². The fraction of sp³-hybridized carbons (Fsp3) is 0.209. The number of benzene rings is 5. The Balaban J connectivity index is 1.15. The van der Waals surface area contributed by atoms with Gasteiger partial charge in [0, 0.05) is 36.3 Å². The van der Waals surface area contributed by atoms with E-state index in [4.69, 9.17) is 33.2 Å². The number of fused-ring (bicyclic) bond motifs is 6. The molecule has 1 fully saturated rings. The zero-order chi connectivity index (χ0) is 38.1. The number of carbonyl (C=O) groups is 4. The first-order valence-corrected chi connectivity index (χ1v) is 17.6. The number of carbonyl (C=O) groups excluding carboxylic acids is 4. The van der Waals surface area contributed by atoms with Crippen molar-refractivity contribution in [3.8, 4) is 23.0 Å². The Kier molecular flexibility index (Phi) is 9.51. The van der Waals surface area contributed by atoms with Crippen LogP contribution in [0.5, 0.6) is 23.0 Å². The fourth-order valence-corrected chi connectivity index (χ4v) is 7.47. The van der Waals surface area contributed by atoms with Crippen molar-refractivity contribution >= 4 is 24.1 Å². The lowest BCUT2D eigenvalue weighted by atomic mass is 9.75. The molecule has 2 unspecified atom stereocenters. The average Bonchev–Trinajstić information content (AvgIpc) is 3.52. The molecule has 1 saturated heterocycles. The van der Waals surface area contributed by atoms with E-state index in [1.165, 1.54) is 14.2 Å². The molecular weight excluding hydrogens is 706 g/mol. The van der Waals surface area contributed by atoms with E-state index in [9.17, 15) is 19.2 Å². The van der Waals surface area contributed by atoms with Crippen molar-refractivity contribution in [2.45, 2.75) is 36.6 Å². The van der Waals surface area contributed by atoms with Crippen LogP contribution < -0.4 is 19.5 Å². The van der Waals surface area contributed by atoms with Gasteiger partial charge < -0.3 is 38.5 Å². The van der Waals surface area contributed by atoms with Crippen LogP contribution in [0.25, 0.3) is 0 Å². The molecule has 3 heterocycles. The van der Waals surface area contributed by atoms with Gasteiger partial charge in [-0.3, -0.25) is 9.59 Å². The molecule has 0 saturated carbocycles. The number of ether oxygens (including phenoxy) is 7. The molecule has 3 aliphatic heterocycles. The molecule has 1 N–H and O–H groups in total. The number of hydrogen-bond donors (Lipinski definition) is 1. The second-order valence-corrected chi connectivity index (χ2v) is 13.1. The predicted octanol–water partition coefficient (Wildman–Crippen LogP) is 6.24. The van der Waals surface area contributed by atoms with E-state index in [2.05, 4.69) is 5.32 Å². The lowest BCUT2D eigenvalue weighted by molar-refractivity contribution is -0.235. The van der Waals surface area contributed by atoms with E-state index in [-0.39, 0.29) is 36.0 Å². The van der Waals surface area contributed by atoms with Gasteiger partial charge >= 0.3 is 11.9 Å². The minimum atomic E-state index is -1.20. The molecule has 55 heavy (non-hydrogen) atoms. The highest BCUT2D eigenvalue weighted by Gasteiger charge is 2.52. The van der Waals surface area contributed by atoms with E-state index in [1.807, 2.05) is 18.2 Å². The Hall–Kier alpha value is -6.50. The first-order valence-electron chi connectivity index (χ1n) is 17.6. The normalized spacial score (nSPS) is 21.9. The first-order chi connectivity index (χ1) is 26.8. The third-order valence-electron chi connectivity index (χ3n) is 10.0. The van der Waals surface area contributed by atoms with Gasteiger partial charge in [-0.1, -0.05) is 54.6 Å². The Bertz CT molecular complexity index is 2280. The Morgan fingerprint density at radius 3 is 2.24 bits per heavy atom. The summed E-state index contributed by atoms with van der Waals surface area (Å²) >= 11 is 0. The highest BCUT2D eigenvalue weighted by molar-refractivity contribution is 6.02. The standard InChI is InChI=1S/C43H35NO11/c1-49-27-17-18-31-34(21-27)54-38-29(23-45)33(20-19-32(38)43(31)30-16-10-9-15-28(30)40(46)44-43)52-37-22-35(55-42(48)26-13-7-4-8-14-26)39(50-2)36(53-37)24-51-41(47)25-11-5-3-6-12-25/h3-21,23,35-37,39H,22,24H2,1-2H3,(H,44,46)/t35-,36-,37?,39-,43?/m1/s1. The van der Waals surface area contributed by atoms with Gasteiger partial charge in [-0.15, -0.1) is 0 Å². The van der Waals surface area contributed by atoms with Gasteiger partial charge in [-0.05, 0) is 60.2 Å². The Morgan fingerprint density at radius 1 is 0.836 bits per heavy atom. The molecule has 3 aliphatic rings. The number of nitrogens with one attached hydrogen (secondary N) is 1. The lowest BCUT2D eigenvalue weighted by Crippen LogP contribution is -2.54. The largest absolute Gasteiger partial charge is 0.497 e. The molecule has 12 nitrogen and oxygen atoms in total. The van der Waals surface area contributed by atoms with Crippen molar-refractivity contribution in [3.05, 3.63) is 154 Å². The summed E-state index contributed by atoms with van der Waals surface area (Å²) in [6.45, 7) is -0.264. The molecule has 0 bridgehead atoms. The molecule has 0 aliphatic carbocycles. The molecule has 5 aromatic carbocycles. The van der Waals surface area contributed by atoms with Gasteiger partial charge in [0.1, 0.15) is 53.5 Å². The number of rotatable bonds is 10. The van der Waals surface area contributed by atoms with Crippen molar-refractivity contribution in [2.24, 2.45) is 0 Å². The topological polar surface area (TPSA) is 145 Å². The summed E-state index contributed by atoms with van der Waals surface area (Å²) in [5.41, 5.74) is 1.87. The Labute approximate surface area is 315 Å². The van der Waals surface area contributed by atoms with E-state index in [1.54, 1.807) is 97.1 Å². The average molecular weight is 742 g/mol. The molecule has 1 spiro atoms. The van der Waals surface area contributed by atoms with Gasteiger partial charge in [0.2, 0.25) is 6.29 Å². The summed E-state index contributed by atoms with van der Waals surface area (Å²) in [5, 5.41) is 3.18. The minimum absolute atomic E-state index is 0.0101. The molecular formula is C43H35NO11. The van der Waals surface area contributed by atoms with Crippen LogP contribution in [-0.4, -0.2) is 69.6 Å². The summed E-state index contributed by atoms with van der Waals surface area (Å²) < 4.78 is 42.1. The molecule has 5 atom stereocenters. The summed E-state index contributed by atoms with van der Waals surface area (Å²) in [5.74, 6) is -0.318. The van der Waals surface area contributed by atoms with E-state index >= 15 is 0 Å². The molecule has 8 rings (SSSR count). The van der Waals surface area contributed by atoms with Gasteiger partial charge in [-0.25, -0.2) is 9.59 Å². The van der Waals surface area contributed by atoms with Crippen LogP contribution in [0.1, 0.15) is 64.5 Å². The summed E-state index contributed by atoms with van der Waals surface area (Å²) in [6.07, 6.45) is -3.24. The van der Waals surface area contributed by atoms with E-state index < -0.39 is 42.1 Å². The third kappa shape index (κ3) is 6.34. The Morgan fingerprint density at radius 2 is 1.53 bits per heavy atom. The lowest BCUT2D eigenvalue weighted by Gasteiger charge is -2.41. The summed E-state index contributed by atoms with van der Waals surface area (Å²) in [6, 6.07) is 32.9. The minimum Gasteiger partial charge on any atom is -0.497 e. The SMILES string of the molecule is COc1ccc2c(c1)Oc1c(ccc(OC3C[C@@H](OC(=O)c4ccccc4)[C@@H](OC)[C@@H](COC(=O)c4ccccc4)O3)c1C=O)C21NC(=O)c2ccccc21. The number of methoxy groups -OCH3 is 2. The second-order valence-electron chi connectivity index (χ2n) is 13.1. The van der Waals surface area contributed by atoms with Gasteiger partial charge in [0.15, 0.2) is 6.29 Å². The van der Waals surface area contributed by atoms with Crippen LogP contribution in [-0.2, 0) is 24.5 Å². The maximum Gasteiger partial charge on any atom is 0.338 e. The fourth-order valence-electron chi connectivity index (χ4n) is 7.47. The highest BCUT2D eigenvalue weighted by Crippen LogP contribution is 2.55. The predicted molar refractivity (Wildman–Crippen MR) is 196 cm³/mol. The zero-order valence-electron chi connectivity index (χ0n) is 29.8. The number of amides is 1. The van der Waals surface area contributed by atoms with Crippen molar-refractivity contribution < 1.29 is 52.3 Å². The van der Waals surface area contributed by atoms with Crippen molar-refractivity contribution in [1.82, 2.24) is 5.32 Å². The van der Waals surface area contributed by atoms with Gasteiger partial charge in [0.25, 0.3) is 5.91 Å². The summed E-state index contributed by atoms with van der Waals surface area (Å²) in [7, 11) is 2.97. The number of aldehydes is 1. The molecule has 12 heteroatoms. The smallest absolute Gasteiger partial charge is 0.338 e. The number of esters is 2. The molecule has 0 aromatic heterocycles. The molecule has 278 valence electrons. The van der Waals surface area contributed by atoms with Crippen LogP contribution >= 0.6 is 0 Å². The van der Waals surface area contributed by atoms with E-state index in [0.717, 1.165) is 0 Å². The maximum atomic E-state index is 13.5. The van der Waals surface area contributed by atoms with Crippen LogP contribution in [0.3, 0.4) is 0 Å². The molecule has 0 radical (unpaired) electrons. The second kappa shape index (κ2) is 14.7. The quantitative estimate of drug-likeness (QED) is 0.128. The monoisotopic (exact) mass is 741 g/mol. The van der Waals surface area contributed by atoms with Crippen molar-refractivity contribution in [1.29, 1.82) is 0 Å². The molecule has 5 aromatic rings. The van der Waals surface area contributed by atoms with Crippen LogP contribution in [0.2, 0.25) is 0 Å².